The van der Waals surface area contributed by atoms with Crippen molar-refractivity contribution in [3.05, 3.63) is 75.7 Å². The number of halogens is 4. The molecule has 2 aliphatic rings. The molecular weight excluding hydrogens is 619 g/mol. The second kappa shape index (κ2) is 12.8. The van der Waals surface area contributed by atoms with Gasteiger partial charge in [-0.2, -0.15) is 0 Å². The third-order valence-electron chi connectivity index (χ3n) is 7.72. The van der Waals surface area contributed by atoms with Crippen LogP contribution in [0.5, 0.6) is 0 Å². The van der Waals surface area contributed by atoms with E-state index in [1.807, 2.05) is 12.2 Å². The summed E-state index contributed by atoms with van der Waals surface area (Å²) >= 11 is 12.6. The molecule has 232 valence electrons. The van der Waals surface area contributed by atoms with Crippen LogP contribution in [-0.4, -0.2) is 53.2 Å². The summed E-state index contributed by atoms with van der Waals surface area (Å²) < 4.78 is 40.2. The third-order valence-corrected chi connectivity index (χ3v) is 8.28. The molecule has 10 nitrogen and oxygen atoms in total. The molecule has 2 atom stereocenters. The highest BCUT2D eigenvalue weighted by Gasteiger charge is 2.41. The first-order valence-corrected chi connectivity index (χ1v) is 14.5. The zero-order chi connectivity index (χ0) is 31.6. The molecule has 1 aromatic heterocycles. The number of aromatic amines is 1. The van der Waals surface area contributed by atoms with Gasteiger partial charge in [0.1, 0.15) is 34.9 Å². The maximum Gasteiger partial charge on any atom is 0.411 e. The summed E-state index contributed by atoms with van der Waals surface area (Å²) in [7, 11) is 1.23. The van der Waals surface area contributed by atoms with Gasteiger partial charge in [-0.25, -0.2) is 23.4 Å². The number of carbonyl (C=O) groups is 3. The normalized spacial score (nSPS) is 20.7. The number of methoxy groups -OCH3 is 1. The Labute approximate surface area is 261 Å². The summed E-state index contributed by atoms with van der Waals surface area (Å²) in [4.78, 5) is 47.2. The van der Waals surface area contributed by atoms with E-state index in [0.29, 0.717) is 34.9 Å². The third kappa shape index (κ3) is 6.36. The fourth-order valence-corrected chi connectivity index (χ4v) is 5.76. The quantitative estimate of drug-likeness (QED) is 0.201. The predicted molar refractivity (Wildman–Crippen MR) is 161 cm³/mol. The van der Waals surface area contributed by atoms with Gasteiger partial charge in [0.05, 0.1) is 23.9 Å². The number of cyclic esters (lactones) is 1. The number of benzene rings is 2. The van der Waals surface area contributed by atoms with Crippen molar-refractivity contribution < 1.29 is 32.6 Å². The Morgan fingerprint density at radius 3 is 2.77 bits per heavy atom. The first kappa shape index (κ1) is 31.3. The lowest BCUT2D eigenvalue weighted by Crippen LogP contribution is -2.35. The van der Waals surface area contributed by atoms with Crippen LogP contribution < -0.4 is 10.6 Å². The Kier molecular flexibility index (Phi) is 9.12. The molecule has 3 N–H and O–H groups in total. The van der Waals surface area contributed by atoms with Gasteiger partial charge in [0.15, 0.2) is 0 Å². The first-order chi connectivity index (χ1) is 21.0. The van der Waals surface area contributed by atoms with Crippen LogP contribution in [0.25, 0.3) is 11.3 Å². The number of ether oxygens (including phenoxy) is 2. The van der Waals surface area contributed by atoms with Gasteiger partial charge in [-0.05, 0) is 49.6 Å². The van der Waals surface area contributed by atoms with Gasteiger partial charge < -0.3 is 19.8 Å². The average molecular weight is 648 g/mol. The van der Waals surface area contributed by atoms with Crippen LogP contribution in [0.2, 0.25) is 10.2 Å². The van der Waals surface area contributed by atoms with Crippen LogP contribution in [0, 0.1) is 11.6 Å². The second-order valence-electron chi connectivity index (χ2n) is 10.7. The van der Waals surface area contributed by atoms with Crippen molar-refractivity contribution >= 4 is 52.7 Å². The van der Waals surface area contributed by atoms with Crippen molar-refractivity contribution in [3.63, 3.8) is 0 Å². The van der Waals surface area contributed by atoms with Crippen molar-refractivity contribution in [3.8, 4) is 11.3 Å². The van der Waals surface area contributed by atoms with Crippen molar-refractivity contribution in [2.24, 2.45) is 0 Å². The smallest absolute Gasteiger partial charge is 0.411 e. The number of fused-ring (bicyclic) bond motifs is 4. The minimum Gasteiger partial charge on any atom is -0.453 e. The van der Waals surface area contributed by atoms with Crippen LogP contribution in [0.4, 0.5) is 29.7 Å². The zero-order valence-corrected chi connectivity index (χ0v) is 25.3. The van der Waals surface area contributed by atoms with Crippen LogP contribution in [-0.2, 0) is 19.7 Å². The number of imidazole rings is 1. The van der Waals surface area contributed by atoms with Crippen LogP contribution >= 0.6 is 23.2 Å². The molecule has 2 bridgehead atoms. The number of amides is 3. The molecule has 0 spiro atoms. The van der Waals surface area contributed by atoms with Gasteiger partial charge >= 0.3 is 12.2 Å². The van der Waals surface area contributed by atoms with Gasteiger partial charge in [-0.15, -0.1) is 0 Å². The summed E-state index contributed by atoms with van der Waals surface area (Å²) in [6, 6.07) is 6.33. The Morgan fingerprint density at radius 2 is 2.00 bits per heavy atom. The predicted octanol–water partition coefficient (Wildman–Crippen LogP) is 7.36. The highest BCUT2D eigenvalue weighted by Crippen LogP contribution is 2.40. The van der Waals surface area contributed by atoms with E-state index in [4.69, 9.17) is 32.9 Å². The second-order valence-corrected chi connectivity index (χ2v) is 11.5. The monoisotopic (exact) mass is 647 g/mol. The molecule has 1 fully saturated rings. The topological polar surface area (TPSA) is 126 Å². The Hall–Kier alpha value is -4.16. The number of nitrogens with zero attached hydrogens (tertiary/aromatic N) is 2. The summed E-state index contributed by atoms with van der Waals surface area (Å²) in [6.45, 7) is 1.43. The summed E-state index contributed by atoms with van der Waals surface area (Å²) in [5, 5.41) is 5.33. The van der Waals surface area contributed by atoms with E-state index in [1.54, 1.807) is 25.1 Å². The number of hydrogen-bond donors (Lipinski definition) is 3. The molecule has 2 aromatic carbocycles. The molecule has 3 heterocycles. The average Bonchev–Trinajstić information content (AvgIpc) is 3.30. The minimum atomic E-state index is -1.20. The maximum atomic E-state index is 15.0. The van der Waals surface area contributed by atoms with Gasteiger partial charge in [-0.1, -0.05) is 42.3 Å². The van der Waals surface area contributed by atoms with E-state index < -0.39 is 35.3 Å². The van der Waals surface area contributed by atoms with Crippen molar-refractivity contribution in [2.45, 2.75) is 44.1 Å². The Balaban J connectivity index is 1.52. The van der Waals surface area contributed by atoms with E-state index in [1.165, 1.54) is 12.0 Å². The fourth-order valence-electron chi connectivity index (χ4n) is 5.36. The standard InChI is InChI=1S/C30H29Cl2F2N5O5/c1-30(23-19(33)11-10-18(31)24(23)34)12-13-39(29(42)44-15-30)21-6-4-3-5-7-22(40)36-20-14-16(35-28(41)43-2)8-9-17(20)25-26(32)38-27(21)37-25/h3-4,8-11,14,21H,5-7,12-13,15H2,1-2H3,(H,35,41)(H,36,40)(H,37,38). The Morgan fingerprint density at radius 1 is 1.20 bits per heavy atom. The number of hydrogen-bond acceptors (Lipinski definition) is 6. The summed E-state index contributed by atoms with van der Waals surface area (Å²) in [5.74, 6) is -1.61. The molecule has 0 saturated carbocycles. The maximum absolute atomic E-state index is 15.0. The number of allylic oxidation sites excluding steroid dienone is 1. The lowest BCUT2D eigenvalue weighted by Gasteiger charge is -2.29. The fraction of sp³-hybridized carbons (Fsp3) is 0.333. The molecule has 44 heavy (non-hydrogen) atoms. The number of aromatic nitrogens is 2. The number of nitrogens with one attached hydrogen (secondary N) is 3. The van der Waals surface area contributed by atoms with Crippen LogP contribution in [0.1, 0.15) is 50.0 Å². The Bertz CT molecular complexity index is 1650. The number of H-pyrrole nitrogens is 1. The molecule has 1 saturated heterocycles. The van der Waals surface area contributed by atoms with Crippen molar-refractivity contribution in [2.75, 3.05) is 30.9 Å². The van der Waals surface area contributed by atoms with E-state index in [2.05, 4.69) is 20.4 Å². The van der Waals surface area contributed by atoms with Gasteiger partial charge in [-0.3, -0.25) is 15.0 Å². The number of carbonyl (C=O) groups excluding carboxylic acids is 3. The molecule has 0 aliphatic carbocycles. The molecule has 14 heteroatoms. The van der Waals surface area contributed by atoms with E-state index in [-0.39, 0.29) is 54.1 Å². The lowest BCUT2D eigenvalue weighted by molar-refractivity contribution is -0.116. The van der Waals surface area contributed by atoms with Gasteiger partial charge in [0.25, 0.3) is 0 Å². The van der Waals surface area contributed by atoms with Crippen molar-refractivity contribution in [1.29, 1.82) is 0 Å². The van der Waals surface area contributed by atoms with Crippen LogP contribution in [0.15, 0.2) is 42.5 Å². The van der Waals surface area contributed by atoms with Gasteiger partial charge in [0, 0.05) is 35.2 Å². The zero-order valence-electron chi connectivity index (χ0n) is 23.8. The molecule has 3 aromatic rings. The van der Waals surface area contributed by atoms with Gasteiger partial charge in [0.2, 0.25) is 5.91 Å². The SMILES string of the molecule is COC(=O)Nc1ccc2c(c1)NC(=O)CCC=CCC(N1CCC(C)(c3c(F)ccc(Cl)c3F)COC1=O)c1nc-2c(Cl)[nH]1. The molecule has 3 amide bonds. The molecule has 0 radical (unpaired) electrons. The highest BCUT2D eigenvalue weighted by atomic mass is 35.5. The van der Waals surface area contributed by atoms with Crippen LogP contribution in [0.3, 0.4) is 0 Å². The first-order valence-electron chi connectivity index (χ1n) is 13.8. The highest BCUT2D eigenvalue weighted by molar-refractivity contribution is 6.32. The van der Waals surface area contributed by atoms with E-state index in [0.717, 1.165) is 12.1 Å². The molecular formula is C30H29Cl2F2N5O5. The minimum absolute atomic E-state index is 0.0755. The molecule has 5 rings (SSSR count). The largest absolute Gasteiger partial charge is 0.453 e. The van der Waals surface area contributed by atoms with Crippen molar-refractivity contribution in [1.82, 2.24) is 14.9 Å². The molecule has 2 unspecified atom stereocenters. The van der Waals surface area contributed by atoms with E-state index in [9.17, 15) is 18.8 Å². The lowest BCUT2D eigenvalue weighted by atomic mass is 9.79. The summed E-state index contributed by atoms with van der Waals surface area (Å²) in [5.41, 5.74) is 0.0332. The number of anilines is 2. The number of rotatable bonds is 3. The molecule has 2 aliphatic heterocycles. The summed E-state index contributed by atoms with van der Waals surface area (Å²) in [6.07, 6.45) is 3.28. The van der Waals surface area contributed by atoms with E-state index >= 15 is 4.39 Å².